The third kappa shape index (κ3) is 1.82. The summed E-state index contributed by atoms with van der Waals surface area (Å²) in [6.45, 7) is 3.00. The van der Waals surface area contributed by atoms with Gasteiger partial charge >= 0.3 is 0 Å². The predicted molar refractivity (Wildman–Crippen MR) is 71.4 cm³/mol. The molecule has 4 atom stereocenters. The largest absolute Gasteiger partial charge is 0.386 e. The van der Waals surface area contributed by atoms with Crippen molar-refractivity contribution in [1.29, 1.82) is 0 Å². The summed E-state index contributed by atoms with van der Waals surface area (Å²) in [4.78, 5) is 29.4. The van der Waals surface area contributed by atoms with Gasteiger partial charge in [-0.2, -0.15) is 5.06 Å². The first-order valence-electron chi connectivity index (χ1n) is 6.66. The lowest BCUT2D eigenvalue weighted by atomic mass is 9.66. The van der Waals surface area contributed by atoms with Crippen LogP contribution in [0, 0.1) is 5.41 Å². The lowest BCUT2D eigenvalue weighted by Crippen LogP contribution is -2.56. The van der Waals surface area contributed by atoms with Gasteiger partial charge in [-0.15, -0.1) is 0 Å². The van der Waals surface area contributed by atoms with E-state index >= 15 is 0 Å². The van der Waals surface area contributed by atoms with E-state index in [1.165, 1.54) is 13.0 Å². The quantitative estimate of drug-likeness (QED) is 0.621. The van der Waals surface area contributed by atoms with Gasteiger partial charge < -0.3 is 15.3 Å². The second-order valence-electron chi connectivity index (χ2n) is 5.35. The van der Waals surface area contributed by atoms with E-state index in [0.717, 1.165) is 13.2 Å². The Kier molecular flexibility index (Phi) is 3.79. The highest BCUT2D eigenvalue weighted by Gasteiger charge is 2.71. The molecular weight excluding hydrogens is 278 g/mol. The Morgan fingerprint density at radius 1 is 1.38 bits per heavy atom. The van der Waals surface area contributed by atoms with Gasteiger partial charge in [0.15, 0.2) is 11.5 Å². The number of ketones is 1. The van der Waals surface area contributed by atoms with Crippen LogP contribution in [0.15, 0.2) is 23.8 Å². The van der Waals surface area contributed by atoms with Crippen LogP contribution in [0.2, 0.25) is 0 Å². The Morgan fingerprint density at radius 3 is 2.48 bits per heavy atom. The van der Waals surface area contributed by atoms with Crippen molar-refractivity contribution in [3.05, 3.63) is 23.8 Å². The Balaban J connectivity index is 2.72. The Bertz CT molecular complexity index is 538. The van der Waals surface area contributed by atoms with Crippen LogP contribution < -0.4 is 0 Å². The van der Waals surface area contributed by atoms with Gasteiger partial charge in [0.2, 0.25) is 0 Å². The summed E-state index contributed by atoms with van der Waals surface area (Å²) < 4.78 is 0. The molecular formula is C14H19NO6. The number of hydrogen-bond donors (Lipinski definition) is 3. The van der Waals surface area contributed by atoms with Gasteiger partial charge in [0.05, 0.1) is 7.11 Å². The highest BCUT2D eigenvalue weighted by atomic mass is 16.7. The van der Waals surface area contributed by atoms with Gasteiger partial charge in [-0.25, -0.2) is 0 Å². The maximum absolute atomic E-state index is 12.7. The topological polar surface area (TPSA) is 107 Å². The fourth-order valence-electron chi connectivity index (χ4n) is 3.09. The van der Waals surface area contributed by atoms with Crippen molar-refractivity contribution in [3.8, 4) is 0 Å². The monoisotopic (exact) mass is 297 g/mol. The number of nitrogens with zero attached hydrogens (tertiary/aromatic N) is 1. The molecule has 1 fully saturated rings. The number of amides is 1. The number of allylic oxidation sites excluding steroid dienone is 2. The third-order valence-electron chi connectivity index (χ3n) is 4.11. The molecule has 7 heteroatoms. The molecule has 7 nitrogen and oxygen atoms in total. The van der Waals surface area contributed by atoms with Crippen molar-refractivity contribution in [2.24, 2.45) is 5.41 Å². The van der Waals surface area contributed by atoms with Gasteiger partial charge in [0.25, 0.3) is 5.91 Å². The van der Waals surface area contributed by atoms with Crippen LogP contribution in [-0.4, -0.2) is 57.1 Å². The molecule has 3 N–H and O–H groups in total. The van der Waals surface area contributed by atoms with Crippen molar-refractivity contribution in [3.63, 3.8) is 0 Å². The molecule has 1 aliphatic heterocycles. The summed E-state index contributed by atoms with van der Waals surface area (Å²) in [5.41, 5.74) is -3.73. The molecule has 0 bridgehead atoms. The van der Waals surface area contributed by atoms with E-state index in [-0.39, 0.29) is 5.57 Å². The third-order valence-corrected chi connectivity index (χ3v) is 4.11. The molecule has 2 rings (SSSR count). The van der Waals surface area contributed by atoms with Gasteiger partial charge in [0, 0.05) is 0 Å². The average Bonchev–Trinajstić information content (AvgIpc) is 2.57. The Hall–Kier alpha value is -1.54. The fourth-order valence-corrected chi connectivity index (χ4v) is 3.09. The van der Waals surface area contributed by atoms with Gasteiger partial charge in [0.1, 0.15) is 17.6 Å². The smallest absolute Gasteiger partial charge is 0.265 e. The van der Waals surface area contributed by atoms with Crippen molar-refractivity contribution < 1.29 is 29.7 Å². The van der Waals surface area contributed by atoms with E-state index in [9.17, 15) is 24.9 Å². The van der Waals surface area contributed by atoms with E-state index in [0.29, 0.717) is 11.5 Å². The molecule has 2 aliphatic rings. The van der Waals surface area contributed by atoms with Crippen LogP contribution in [0.25, 0.3) is 0 Å². The first-order chi connectivity index (χ1) is 9.76. The molecule has 0 radical (unpaired) electrons. The Labute approximate surface area is 122 Å². The maximum atomic E-state index is 12.7. The van der Waals surface area contributed by atoms with Crippen molar-refractivity contribution in [2.45, 2.75) is 38.2 Å². The van der Waals surface area contributed by atoms with E-state index in [2.05, 4.69) is 0 Å². The predicted octanol–water partition coefficient (Wildman–Crippen LogP) is -0.718. The fraction of sp³-hybridized carbons (Fsp3) is 0.571. The minimum atomic E-state index is -2.06. The molecule has 0 aromatic rings. The normalized spacial score (nSPS) is 41.6. The SMILES string of the molecule is CC/C=C1/C=CC(=O)[C@H](O)[C@@]12C(=O)N(OC)[C@](C)(O)[C@H]2O. The van der Waals surface area contributed by atoms with Crippen LogP contribution in [0.1, 0.15) is 20.3 Å². The van der Waals surface area contributed by atoms with E-state index < -0.39 is 35.0 Å². The maximum Gasteiger partial charge on any atom is 0.265 e. The number of aliphatic hydroxyl groups is 3. The molecule has 0 unspecified atom stereocenters. The number of rotatable bonds is 2. The molecule has 1 spiro atoms. The zero-order chi connectivity index (χ0) is 16.0. The van der Waals surface area contributed by atoms with Crippen LogP contribution in [0.5, 0.6) is 0 Å². The second-order valence-corrected chi connectivity index (χ2v) is 5.35. The number of aliphatic hydroxyl groups excluding tert-OH is 2. The molecule has 0 saturated carbocycles. The summed E-state index contributed by atoms with van der Waals surface area (Å²) in [5, 5.41) is 31.8. The lowest BCUT2D eigenvalue weighted by molar-refractivity contribution is -0.262. The average molecular weight is 297 g/mol. The molecule has 1 saturated heterocycles. The van der Waals surface area contributed by atoms with E-state index in [1.807, 2.05) is 6.92 Å². The van der Waals surface area contributed by atoms with Crippen molar-refractivity contribution in [1.82, 2.24) is 5.06 Å². The molecule has 1 amide bonds. The Morgan fingerprint density at radius 2 is 2.00 bits per heavy atom. The van der Waals surface area contributed by atoms with Crippen LogP contribution in [0.4, 0.5) is 0 Å². The van der Waals surface area contributed by atoms with Gasteiger partial charge in [-0.1, -0.05) is 19.1 Å². The number of carbonyl (C=O) groups excluding carboxylic acids is 2. The van der Waals surface area contributed by atoms with Crippen LogP contribution in [0.3, 0.4) is 0 Å². The van der Waals surface area contributed by atoms with Crippen LogP contribution in [-0.2, 0) is 14.4 Å². The van der Waals surface area contributed by atoms with Gasteiger partial charge in [-0.3, -0.25) is 14.4 Å². The van der Waals surface area contributed by atoms with Crippen molar-refractivity contribution >= 4 is 11.7 Å². The molecule has 0 aromatic carbocycles. The van der Waals surface area contributed by atoms with Crippen molar-refractivity contribution in [2.75, 3.05) is 7.11 Å². The standard InChI is InChI=1S/C14H19NO6/c1-4-5-8-6-7-9(16)10(17)14(8)11(18)13(2,20)15(21-3)12(14)19/h5-7,10-11,17-18,20H,4H2,1-3H3/b8-5-/t10-,11+,13+,14-/m0/s1. The number of hydroxylamine groups is 2. The van der Waals surface area contributed by atoms with Crippen LogP contribution >= 0.6 is 0 Å². The highest BCUT2D eigenvalue weighted by molar-refractivity contribution is 6.04. The summed E-state index contributed by atoms with van der Waals surface area (Å²) in [7, 11) is 1.16. The number of hydrogen-bond acceptors (Lipinski definition) is 6. The van der Waals surface area contributed by atoms with Gasteiger partial charge in [-0.05, 0) is 25.0 Å². The molecule has 1 aliphatic carbocycles. The van der Waals surface area contributed by atoms with E-state index in [1.54, 1.807) is 6.08 Å². The summed E-state index contributed by atoms with van der Waals surface area (Å²) >= 11 is 0. The second kappa shape index (κ2) is 5.03. The zero-order valence-corrected chi connectivity index (χ0v) is 12.1. The minimum absolute atomic E-state index is 0.287. The first kappa shape index (κ1) is 15.8. The lowest BCUT2D eigenvalue weighted by Gasteiger charge is -2.38. The number of carbonyl (C=O) groups is 2. The summed E-state index contributed by atoms with van der Waals surface area (Å²) in [6, 6.07) is 0. The minimum Gasteiger partial charge on any atom is -0.386 e. The summed E-state index contributed by atoms with van der Waals surface area (Å²) in [6.07, 6.45) is 1.19. The van der Waals surface area contributed by atoms with E-state index in [4.69, 9.17) is 4.84 Å². The first-order valence-corrected chi connectivity index (χ1v) is 6.66. The molecule has 1 heterocycles. The molecule has 21 heavy (non-hydrogen) atoms. The molecule has 116 valence electrons. The highest BCUT2D eigenvalue weighted by Crippen LogP contribution is 2.51. The summed E-state index contributed by atoms with van der Waals surface area (Å²) in [5.74, 6) is -1.56. The molecule has 0 aromatic heterocycles. The zero-order valence-electron chi connectivity index (χ0n) is 12.1.